The second-order valence-electron chi connectivity index (χ2n) is 5.71. The van der Waals surface area contributed by atoms with Crippen molar-refractivity contribution in [3.05, 3.63) is 10.1 Å². The molecule has 0 heterocycles. The first-order chi connectivity index (χ1) is 8.38. The van der Waals surface area contributed by atoms with Crippen LogP contribution in [0.2, 0.25) is 0 Å². The van der Waals surface area contributed by atoms with Gasteiger partial charge in [0.15, 0.2) is 0 Å². The molecule has 0 aromatic heterocycles. The van der Waals surface area contributed by atoms with Gasteiger partial charge in [0.2, 0.25) is 6.04 Å². The molecule has 0 spiro atoms. The molecule has 0 aromatic rings. The Kier molecular flexibility index (Phi) is 5.11. The van der Waals surface area contributed by atoms with Gasteiger partial charge in [-0.1, -0.05) is 20.3 Å². The van der Waals surface area contributed by atoms with Crippen molar-refractivity contribution in [2.75, 3.05) is 6.61 Å². The first kappa shape index (κ1) is 14.9. The first-order valence-corrected chi connectivity index (χ1v) is 6.67. The summed E-state index contributed by atoms with van der Waals surface area (Å²) >= 11 is 0. The number of esters is 1. The summed E-state index contributed by atoms with van der Waals surface area (Å²) in [4.78, 5) is 22.5. The highest BCUT2D eigenvalue weighted by Crippen LogP contribution is 2.42. The lowest BCUT2D eigenvalue weighted by Gasteiger charge is -2.37. The van der Waals surface area contributed by atoms with E-state index in [1.165, 1.54) is 0 Å². The van der Waals surface area contributed by atoms with E-state index in [-0.39, 0.29) is 28.6 Å². The van der Waals surface area contributed by atoms with E-state index in [9.17, 15) is 14.9 Å². The third-order valence-electron chi connectivity index (χ3n) is 3.91. The van der Waals surface area contributed by atoms with Crippen molar-refractivity contribution in [3.8, 4) is 0 Å². The average molecular weight is 257 g/mol. The Morgan fingerprint density at radius 1 is 1.39 bits per heavy atom. The molecule has 1 rings (SSSR count). The summed E-state index contributed by atoms with van der Waals surface area (Å²) in [5.41, 5.74) is -0.371. The van der Waals surface area contributed by atoms with Crippen LogP contribution in [0.25, 0.3) is 0 Å². The minimum absolute atomic E-state index is 0.0364. The lowest BCUT2D eigenvalue weighted by molar-refractivity contribution is -0.539. The largest absolute Gasteiger partial charge is 0.466 e. The Hall–Kier alpha value is -1.13. The summed E-state index contributed by atoms with van der Waals surface area (Å²) in [5.74, 6) is -0.291. The highest BCUT2D eigenvalue weighted by molar-refractivity contribution is 5.70. The maximum Gasteiger partial charge on any atom is 0.306 e. The number of ether oxygens (including phenoxy) is 1. The van der Waals surface area contributed by atoms with E-state index in [0.717, 1.165) is 19.3 Å². The van der Waals surface area contributed by atoms with E-state index in [0.29, 0.717) is 13.0 Å². The monoisotopic (exact) mass is 257 g/mol. The first-order valence-electron chi connectivity index (χ1n) is 6.67. The SMILES string of the molecule is CCOC(=O)CC(C)(C)[C@H]1CCCC[C@H]1[N+](=O)[O-]. The summed E-state index contributed by atoms with van der Waals surface area (Å²) in [7, 11) is 0. The van der Waals surface area contributed by atoms with E-state index in [1.54, 1.807) is 6.92 Å². The standard InChI is InChI=1S/C13H23NO4/c1-4-18-12(15)9-13(2,3)10-7-5-6-8-11(10)14(16)17/h10-11H,4-9H2,1-3H3/t10-,11+/m0/s1. The molecule has 1 aliphatic carbocycles. The van der Waals surface area contributed by atoms with Crippen LogP contribution < -0.4 is 0 Å². The quantitative estimate of drug-likeness (QED) is 0.431. The lowest BCUT2D eigenvalue weighted by Crippen LogP contribution is -2.42. The van der Waals surface area contributed by atoms with Crippen molar-refractivity contribution in [1.82, 2.24) is 0 Å². The fourth-order valence-electron chi connectivity index (χ4n) is 2.99. The van der Waals surface area contributed by atoms with Gasteiger partial charge in [0.05, 0.1) is 13.0 Å². The number of rotatable bonds is 5. The minimum Gasteiger partial charge on any atom is -0.466 e. The lowest BCUT2D eigenvalue weighted by atomic mass is 9.67. The summed E-state index contributed by atoms with van der Waals surface area (Å²) < 4.78 is 4.96. The fourth-order valence-corrected chi connectivity index (χ4v) is 2.99. The van der Waals surface area contributed by atoms with Gasteiger partial charge in [-0.25, -0.2) is 0 Å². The Balaban J connectivity index is 2.74. The van der Waals surface area contributed by atoms with Crippen LogP contribution in [-0.4, -0.2) is 23.5 Å². The minimum atomic E-state index is -0.511. The van der Waals surface area contributed by atoms with Crippen molar-refractivity contribution in [1.29, 1.82) is 0 Å². The number of carbonyl (C=O) groups is 1. The summed E-state index contributed by atoms with van der Waals surface area (Å²) in [6.45, 7) is 6.01. The van der Waals surface area contributed by atoms with Gasteiger partial charge in [-0.3, -0.25) is 14.9 Å². The number of nitro groups is 1. The Bertz CT molecular complexity index is 314. The smallest absolute Gasteiger partial charge is 0.306 e. The molecule has 0 radical (unpaired) electrons. The van der Waals surface area contributed by atoms with Crippen LogP contribution in [0.15, 0.2) is 0 Å². The maximum absolute atomic E-state index is 11.6. The molecule has 0 unspecified atom stereocenters. The van der Waals surface area contributed by atoms with Crippen LogP contribution in [0.5, 0.6) is 0 Å². The average Bonchev–Trinajstić information content (AvgIpc) is 2.28. The van der Waals surface area contributed by atoms with Crippen LogP contribution in [0, 0.1) is 21.4 Å². The number of carbonyl (C=O) groups excluding carboxylic acids is 1. The van der Waals surface area contributed by atoms with E-state index in [1.807, 2.05) is 13.8 Å². The molecule has 1 saturated carbocycles. The Labute approximate surface area is 108 Å². The molecular formula is C13H23NO4. The van der Waals surface area contributed by atoms with Crippen molar-refractivity contribution < 1.29 is 14.5 Å². The zero-order valence-corrected chi connectivity index (χ0v) is 11.5. The van der Waals surface area contributed by atoms with Gasteiger partial charge in [0.25, 0.3) is 0 Å². The van der Waals surface area contributed by atoms with Gasteiger partial charge in [-0.2, -0.15) is 0 Å². The predicted octanol–water partition coefficient (Wildman–Crippen LogP) is 2.80. The summed E-state index contributed by atoms with van der Waals surface area (Å²) in [6, 6.07) is -0.511. The van der Waals surface area contributed by atoms with E-state index in [4.69, 9.17) is 4.74 Å². The van der Waals surface area contributed by atoms with Gasteiger partial charge >= 0.3 is 5.97 Å². The van der Waals surface area contributed by atoms with Gasteiger partial charge in [0, 0.05) is 17.3 Å². The Morgan fingerprint density at radius 3 is 2.56 bits per heavy atom. The van der Waals surface area contributed by atoms with Crippen LogP contribution in [0.1, 0.15) is 52.9 Å². The molecule has 1 fully saturated rings. The van der Waals surface area contributed by atoms with Crippen LogP contribution in [0.4, 0.5) is 0 Å². The van der Waals surface area contributed by atoms with Crippen LogP contribution in [-0.2, 0) is 9.53 Å². The van der Waals surface area contributed by atoms with Crippen molar-refractivity contribution >= 4 is 5.97 Å². The molecule has 5 nitrogen and oxygen atoms in total. The normalized spacial score (nSPS) is 24.6. The molecule has 0 aromatic carbocycles. The molecule has 0 bridgehead atoms. The summed E-state index contributed by atoms with van der Waals surface area (Å²) in [6.07, 6.45) is 3.65. The van der Waals surface area contributed by atoms with Gasteiger partial charge < -0.3 is 4.74 Å². The number of hydrogen-bond acceptors (Lipinski definition) is 4. The van der Waals surface area contributed by atoms with Gasteiger partial charge in [-0.15, -0.1) is 0 Å². The van der Waals surface area contributed by atoms with Gasteiger partial charge in [-0.05, 0) is 25.2 Å². The number of hydrogen-bond donors (Lipinski definition) is 0. The second-order valence-corrected chi connectivity index (χ2v) is 5.71. The molecule has 0 amide bonds. The van der Waals surface area contributed by atoms with Crippen LogP contribution >= 0.6 is 0 Å². The molecule has 0 aliphatic heterocycles. The number of nitrogens with zero attached hydrogens (tertiary/aromatic N) is 1. The predicted molar refractivity (Wildman–Crippen MR) is 67.8 cm³/mol. The molecule has 5 heteroatoms. The van der Waals surface area contributed by atoms with E-state index >= 15 is 0 Å². The van der Waals surface area contributed by atoms with Crippen LogP contribution in [0.3, 0.4) is 0 Å². The zero-order chi connectivity index (χ0) is 13.8. The third kappa shape index (κ3) is 3.68. The van der Waals surface area contributed by atoms with Crippen molar-refractivity contribution in [2.45, 2.75) is 58.9 Å². The highest BCUT2D eigenvalue weighted by atomic mass is 16.6. The third-order valence-corrected chi connectivity index (χ3v) is 3.91. The molecule has 2 atom stereocenters. The highest BCUT2D eigenvalue weighted by Gasteiger charge is 2.44. The molecule has 0 N–H and O–H groups in total. The van der Waals surface area contributed by atoms with E-state index < -0.39 is 6.04 Å². The van der Waals surface area contributed by atoms with Crippen molar-refractivity contribution in [3.63, 3.8) is 0 Å². The second kappa shape index (κ2) is 6.16. The maximum atomic E-state index is 11.6. The zero-order valence-electron chi connectivity index (χ0n) is 11.5. The fraction of sp³-hybridized carbons (Fsp3) is 0.923. The molecule has 0 saturated heterocycles. The Morgan fingerprint density at radius 2 is 2.00 bits per heavy atom. The van der Waals surface area contributed by atoms with E-state index in [2.05, 4.69) is 0 Å². The summed E-state index contributed by atoms with van der Waals surface area (Å²) in [5, 5.41) is 11.1. The molecule has 104 valence electrons. The molecule has 1 aliphatic rings. The van der Waals surface area contributed by atoms with Crippen molar-refractivity contribution in [2.24, 2.45) is 11.3 Å². The molecule has 18 heavy (non-hydrogen) atoms. The molecular weight excluding hydrogens is 234 g/mol. The van der Waals surface area contributed by atoms with Gasteiger partial charge in [0.1, 0.15) is 0 Å². The topological polar surface area (TPSA) is 69.4 Å².